The van der Waals surface area contributed by atoms with Crippen molar-refractivity contribution >= 4 is 35.0 Å². The average Bonchev–Trinajstić information content (AvgIpc) is 3.29. The first-order valence-corrected chi connectivity index (χ1v) is 9.46. The average molecular weight is 400 g/mol. The van der Waals surface area contributed by atoms with Crippen molar-refractivity contribution in [2.75, 3.05) is 36.4 Å². The molecule has 28 heavy (non-hydrogen) atoms. The number of fused-ring (bicyclic) bond motifs is 1. The molecule has 2 aliphatic rings. The number of nitrogens with zero attached hydrogens (tertiary/aromatic N) is 5. The van der Waals surface area contributed by atoms with E-state index in [1.54, 1.807) is 18.6 Å². The third-order valence-electron chi connectivity index (χ3n) is 6.00. The van der Waals surface area contributed by atoms with E-state index in [0.29, 0.717) is 29.9 Å². The number of likely N-dealkylation sites (tertiary alicyclic amines) is 1. The minimum absolute atomic E-state index is 0.0255. The van der Waals surface area contributed by atoms with E-state index in [1.165, 1.54) is 0 Å². The second-order valence-electron chi connectivity index (χ2n) is 8.09. The molecule has 2 aromatic rings. The topological polar surface area (TPSA) is 90.0 Å². The number of rotatable bonds is 4. The van der Waals surface area contributed by atoms with E-state index in [0.717, 1.165) is 18.8 Å². The number of terminal acetylenes is 1. The summed E-state index contributed by atoms with van der Waals surface area (Å²) in [5.74, 6) is 3.63. The smallest absolute Gasteiger partial charge is 0.234 e. The van der Waals surface area contributed by atoms with Crippen LogP contribution in [0.1, 0.15) is 20.3 Å². The number of aromatic amines is 1. The molecule has 0 radical (unpaired) electrons. The summed E-state index contributed by atoms with van der Waals surface area (Å²) in [6.45, 7) is 7.31. The molecule has 4 rings (SSSR count). The normalized spacial score (nSPS) is 26.2. The number of halogens is 1. The van der Waals surface area contributed by atoms with E-state index >= 15 is 0 Å². The van der Waals surface area contributed by atoms with Gasteiger partial charge in [-0.05, 0) is 0 Å². The number of H-pyrrole nitrogens is 1. The standard InChI is InChI=1S/C19H22ClN7O/c1-4-5-15(28)26-9-18(2)11-27(12-19(18,3)10-26)16-14(20)8-21-17(25-16)24-13-6-22-23-7-13/h1,6-8H,5,9-12H2,2-3H3,(H,22,23)(H,21,24,25)/t18-,19+. The molecule has 2 aliphatic heterocycles. The Kier molecular flexibility index (Phi) is 4.42. The van der Waals surface area contributed by atoms with E-state index in [4.69, 9.17) is 18.0 Å². The van der Waals surface area contributed by atoms with Crippen LogP contribution < -0.4 is 10.2 Å². The van der Waals surface area contributed by atoms with Gasteiger partial charge in [-0.2, -0.15) is 10.1 Å². The number of aromatic nitrogens is 4. The lowest BCUT2D eigenvalue weighted by molar-refractivity contribution is -0.129. The molecule has 8 nitrogen and oxygen atoms in total. The lowest BCUT2D eigenvalue weighted by Gasteiger charge is -2.29. The summed E-state index contributed by atoms with van der Waals surface area (Å²) in [4.78, 5) is 25.2. The Labute approximate surface area is 168 Å². The Morgan fingerprint density at radius 2 is 2.04 bits per heavy atom. The summed E-state index contributed by atoms with van der Waals surface area (Å²) in [7, 11) is 0. The zero-order chi connectivity index (χ0) is 19.9. The zero-order valence-electron chi connectivity index (χ0n) is 15.9. The largest absolute Gasteiger partial charge is 0.354 e. The van der Waals surface area contributed by atoms with Gasteiger partial charge in [0.05, 0.1) is 24.5 Å². The molecular weight excluding hydrogens is 378 g/mol. The summed E-state index contributed by atoms with van der Waals surface area (Å²) in [6.07, 6.45) is 10.4. The van der Waals surface area contributed by atoms with Gasteiger partial charge in [0.2, 0.25) is 11.9 Å². The van der Waals surface area contributed by atoms with Gasteiger partial charge in [-0.1, -0.05) is 31.4 Å². The van der Waals surface area contributed by atoms with Gasteiger partial charge in [-0.15, -0.1) is 6.42 Å². The van der Waals surface area contributed by atoms with Crippen LogP contribution in [0.4, 0.5) is 17.5 Å². The van der Waals surface area contributed by atoms with Crippen LogP contribution in [0.5, 0.6) is 0 Å². The van der Waals surface area contributed by atoms with Crippen LogP contribution in [0.3, 0.4) is 0 Å². The van der Waals surface area contributed by atoms with E-state index in [-0.39, 0.29) is 23.2 Å². The molecule has 2 N–H and O–H groups in total. The highest BCUT2D eigenvalue weighted by atomic mass is 35.5. The fourth-order valence-electron chi connectivity index (χ4n) is 4.27. The maximum Gasteiger partial charge on any atom is 0.234 e. The van der Waals surface area contributed by atoms with E-state index in [2.05, 4.69) is 50.1 Å². The third-order valence-corrected chi connectivity index (χ3v) is 6.27. The second kappa shape index (κ2) is 6.67. The van der Waals surface area contributed by atoms with Gasteiger partial charge in [0.1, 0.15) is 5.02 Å². The van der Waals surface area contributed by atoms with Crippen molar-refractivity contribution in [3.8, 4) is 12.3 Å². The van der Waals surface area contributed by atoms with Crippen molar-refractivity contribution < 1.29 is 4.79 Å². The predicted octanol–water partition coefficient (Wildman–Crippen LogP) is 2.29. The molecule has 2 fully saturated rings. The van der Waals surface area contributed by atoms with E-state index in [1.807, 2.05) is 4.90 Å². The van der Waals surface area contributed by atoms with Crippen molar-refractivity contribution in [2.45, 2.75) is 20.3 Å². The Morgan fingerprint density at radius 3 is 2.64 bits per heavy atom. The number of hydrogen-bond donors (Lipinski definition) is 2. The van der Waals surface area contributed by atoms with Gasteiger partial charge in [0, 0.05) is 43.2 Å². The van der Waals surface area contributed by atoms with Gasteiger partial charge in [0.15, 0.2) is 5.82 Å². The van der Waals surface area contributed by atoms with Gasteiger partial charge < -0.3 is 15.1 Å². The molecule has 1 amide bonds. The van der Waals surface area contributed by atoms with Crippen LogP contribution in [0, 0.1) is 23.2 Å². The molecule has 9 heteroatoms. The minimum atomic E-state index is -0.0658. The molecule has 0 aromatic carbocycles. The van der Waals surface area contributed by atoms with E-state index < -0.39 is 0 Å². The minimum Gasteiger partial charge on any atom is -0.354 e. The Hall–Kier alpha value is -2.79. The number of amides is 1. The number of anilines is 3. The first kappa shape index (κ1) is 18.6. The molecule has 0 spiro atoms. The Morgan fingerprint density at radius 1 is 1.32 bits per heavy atom. The summed E-state index contributed by atoms with van der Waals surface area (Å²) in [5, 5.41) is 10.3. The lowest BCUT2D eigenvalue weighted by Crippen LogP contribution is -2.35. The Bertz CT molecular complexity index is 920. The highest BCUT2D eigenvalue weighted by molar-refractivity contribution is 6.32. The van der Waals surface area contributed by atoms with Crippen molar-refractivity contribution in [1.82, 2.24) is 25.1 Å². The molecule has 0 unspecified atom stereocenters. The maximum atomic E-state index is 12.3. The van der Waals surface area contributed by atoms with Crippen LogP contribution in [-0.4, -0.2) is 57.2 Å². The third kappa shape index (κ3) is 3.06. The predicted molar refractivity (Wildman–Crippen MR) is 107 cm³/mol. The van der Waals surface area contributed by atoms with Crippen LogP contribution in [0.25, 0.3) is 0 Å². The second-order valence-corrected chi connectivity index (χ2v) is 8.49. The molecular formula is C19H22ClN7O. The molecule has 4 heterocycles. The molecule has 2 saturated heterocycles. The summed E-state index contributed by atoms with van der Waals surface area (Å²) in [6, 6.07) is 0. The Balaban J connectivity index is 1.55. The first-order chi connectivity index (χ1) is 13.3. The molecule has 0 bridgehead atoms. The van der Waals surface area contributed by atoms with Crippen molar-refractivity contribution in [2.24, 2.45) is 10.8 Å². The molecule has 2 aromatic heterocycles. The summed E-state index contributed by atoms with van der Waals surface area (Å²) in [5.41, 5.74) is 0.640. The maximum absolute atomic E-state index is 12.3. The van der Waals surface area contributed by atoms with Crippen LogP contribution in [0.15, 0.2) is 18.6 Å². The van der Waals surface area contributed by atoms with Crippen LogP contribution in [0.2, 0.25) is 5.02 Å². The first-order valence-electron chi connectivity index (χ1n) is 9.08. The molecule has 146 valence electrons. The van der Waals surface area contributed by atoms with Gasteiger partial charge in [0.25, 0.3) is 0 Å². The summed E-state index contributed by atoms with van der Waals surface area (Å²) < 4.78 is 0. The fourth-order valence-corrected chi connectivity index (χ4v) is 4.48. The van der Waals surface area contributed by atoms with Crippen LogP contribution in [-0.2, 0) is 4.79 Å². The molecule has 2 atom stereocenters. The quantitative estimate of drug-likeness (QED) is 0.767. The monoisotopic (exact) mass is 399 g/mol. The van der Waals surface area contributed by atoms with Gasteiger partial charge >= 0.3 is 0 Å². The van der Waals surface area contributed by atoms with Crippen molar-refractivity contribution in [1.29, 1.82) is 0 Å². The SMILES string of the molecule is C#CCC(=O)N1C[C@@]2(C)CN(c3nc(Nc4cn[nH]c4)ncc3Cl)C[C@@]2(C)C1. The van der Waals surface area contributed by atoms with Crippen LogP contribution >= 0.6 is 11.6 Å². The molecule has 0 saturated carbocycles. The van der Waals surface area contributed by atoms with Gasteiger partial charge in [-0.3, -0.25) is 9.89 Å². The lowest BCUT2D eigenvalue weighted by atomic mass is 9.71. The highest BCUT2D eigenvalue weighted by Gasteiger charge is 2.58. The number of hydrogen-bond acceptors (Lipinski definition) is 6. The van der Waals surface area contributed by atoms with Gasteiger partial charge in [-0.25, -0.2) is 4.98 Å². The van der Waals surface area contributed by atoms with Crippen molar-refractivity contribution in [3.63, 3.8) is 0 Å². The fraction of sp³-hybridized carbons (Fsp3) is 0.474. The molecule has 0 aliphatic carbocycles. The summed E-state index contributed by atoms with van der Waals surface area (Å²) >= 11 is 6.43. The highest BCUT2D eigenvalue weighted by Crippen LogP contribution is 2.52. The number of carbonyl (C=O) groups excluding carboxylic acids is 1. The zero-order valence-corrected chi connectivity index (χ0v) is 16.6. The van der Waals surface area contributed by atoms with E-state index in [9.17, 15) is 4.79 Å². The van der Waals surface area contributed by atoms with Crippen molar-refractivity contribution in [3.05, 3.63) is 23.6 Å². The number of nitrogens with one attached hydrogen (secondary N) is 2. The number of carbonyl (C=O) groups is 1.